The van der Waals surface area contributed by atoms with Crippen molar-refractivity contribution >= 4 is 0 Å². The number of nitrogens with one attached hydrogen (secondary N) is 1. The van der Waals surface area contributed by atoms with E-state index in [0.717, 1.165) is 18.3 Å². The Labute approximate surface area is 116 Å². The van der Waals surface area contributed by atoms with Crippen LogP contribution in [0.4, 0.5) is 0 Å². The van der Waals surface area contributed by atoms with Gasteiger partial charge in [0, 0.05) is 19.6 Å². The third-order valence-electron chi connectivity index (χ3n) is 4.02. The zero-order valence-electron chi connectivity index (χ0n) is 12.5. The van der Waals surface area contributed by atoms with Crippen LogP contribution in [0.5, 0.6) is 0 Å². The van der Waals surface area contributed by atoms with Crippen LogP contribution in [-0.2, 0) is 13.6 Å². The lowest BCUT2D eigenvalue weighted by atomic mass is 9.91. The van der Waals surface area contributed by atoms with Crippen molar-refractivity contribution in [3.8, 4) is 0 Å². The second-order valence-electron chi connectivity index (χ2n) is 5.71. The van der Waals surface area contributed by atoms with Crippen molar-refractivity contribution in [3.63, 3.8) is 0 Å². The molecule has 0 amide bonds. The summed E-state index contributed by atoms with van der Waals surface area (Å²) in [5, 5.41) is 7.88. The molecule has 0 aliphatic carbocycles. The molecule has 5 heteroatoms. The number of aryl methyl sites for hydroxylation is 1. The molecule has 108 valence electrons. The maximum atomic E-state index is 4.30. The first kappa shape index (κ1) is 14.5. The molecule has 0 aromatic carbocycles. The number of hydrogen-bond donors (Lipinski definition) is 1. The lowest BCUT2D eigenvalue weighted by Crippen LogP contribution is -2.44. The molecule has 2 unspecified atom stereocenters. The summed E-state index contributed by atoms with van der Waals surface area (Å²) in [7, 11) is 1.91. The second-order valence-corrected chi connectivity index (χ2v) is 5.71. The van der Waals surface area contributed by atoms with Gasteiger partial charge in [0.2, 0.25) is 0 Å². The first-order valence-electron chi connectivity index (χ1n) is 7.49. The van der Waals surface area contributed by atoms with Crippen LogP contribution in [0, 0.1) is 5.92 Å². The molecule has 0 radical (unpaired) electrons. The molecule has 0 bridgehead atoms. The van der Waals surface area contributed by atoms with Crippen molar-refractivity contribution in [1.82, 2.24) is 25.0 Å². The number of nitrogens with zero attached hydrogens (tertiary/aromatic N) is 4. The first-order chi connectivity index (χ1) is 9.19. The zero-order valence-corrected chi connectivity index (χ0v) is 12.5. The molecule has 1 saturated heterocycles. The highest BCUT2D eigenvalue weighted by atomic mass is 15.3. The number of piperidine rings is 1. The highest BCUT2D eigenvalue weighted by molar-refractivity contribution is 4.85. The molecule has 19 heavy (non-hydrogen) atoms. The van der Waals surface area contributed by atoms with Crippen molar-refractivity contribution in [2.45, 2.75) is 45.7 Å². The highest BCUT2D eigenvalue weighted by Crippen LogP contribution is 2.20. The Hall–Kier alpha value is -0.940. The van der Waals surface area contributed by atoms with E-state index in [4.69, 9.17) is 0 Å². The third kappa shape index (κ3) is 4.28. The maximum absolute atomic E-state index is 4.30. The van der Waals surface area contributed by atoms with Crippen LogP contribution in [-0.4, -0.2) is 45.3 Å². The first-order valence-corrected chi connectivity index (χ1v) is 7.49. The van der Waals surface area contributed by atoms with E-state index in [1.807, 2.05) is 7.05 Å². The van der Waals surface area contributed by atoms with Crippen LogP contribution >= 0.6 is 0 Å². The summed E-state index contributed by atoms with van der Waals surface area (Å²) in [6.07, 6.45) is 5.68. The lowest BCUT2D eigenvalue weighted by Gasteiger charge is -2.35. The minimum atomic E-state index is 0.531. The monoisotopic (exact) mass is 265 g/mol. The van der Waals surface area contributed by atoms with Crippen molar-refractivity contribution in [3.05, 3.63) is 12.2 Å². The summed E-state index contributed by atoms with van der Waals surface area (Å²) in [4.78, 5) is 6.86. The fourth-order valence-electron chi connectivity index (χ4n) is 2.90. The Morgan fingerprint density at radius 2 is 2.37 bits per heavy atom. The Kier molecular flexibility index (Phi) is 5.34. The number of rotatable bonds is 6. The van der Waals surface area contributed by atoms with Gasteiger partial charge in [0.15, 0.2) is 5.82 Å². The van der Waals surface area contributed by atoms with E-state index < -0.39 is 0 Å². The molecule has 2 heterocycles. The van der Waals surface area contributed by atoms with E-state index in [1.165, 1.54) is 38.9 Å². The largest absolute Gasteiger partial charge is 0.307 e. The molecule has 1 N–H and O–H groups in total. The van der Waals surface area contributed by atoms with Crippen molar-refractivity contribution < 1.29 is 0 Å². The fraction of sp³-hybridized carbons (Fsp3) is 0.857. The van der Waals surface area contributed by atoms with Gasteiger partial charge < -0.3 is 10.2 Å². The van der Waals surface area contributed by atoms with Gasteiger partial charge in [-0.1, -0.05) is 6.92 Å². The van der Waals surface area contributed by atoms with Crippen LogP contribution in [0.25, 0.3) is 0 Å². The Morgan fingerprint density at radius 1 is 1.53 bits per heavy atom. The normalized spacial score (nSPS) is 22.6. The number of likely N-dealkylation sites (tertiary alicyclic amines) is 1. The number of hydrogen-bond acceptors (Lipinski definition) is 4. The quantitative estimate of drug-likeness (QED) is 0.845. The molecule has 0 spiro atoms. The van der Waals surface area contributed by atoms with Crippen LogP contribution in [0.1, 0.15) is 38.9 Å². The summed E-state index contributed by atoms with van der Waals surface area (Å²) >= 11 is 0. The Morgan fingerprint density at radius 3 is 3.05 bits per heavy atom. The smallest absolute Gasteiger partial charge is 0.164 e. The summed E-state index contributed by atoms with van der Waals surface area (Å²) < 4.78 is 1.76. The van der Waals surface area contributed by atoms with E-state index in [1.54, 1.807) is 11.0 Å². The molecule has 1 fully saturated rings. The van der Waals surface area contributed by atoms with E-state index in [-0.39, 0.29) is 0 Å². The predicted molar refractivity (Wildman–Crippen MR) is 76.8 cm³/mol. The summed E-state index contributed by atoms with van der Waals surface area (Å²) in [5.41, 5.74) is 0. The van der Waals surface area contributed by atoms with Gasteiger partial charge in [-0.3, -0.25) is 4.68 Å². The molecule has 2 atom stereocenters. The van der Waals surface area contributed by atoms with Crippen molar-refractivity contribution in [2.75, 3.05) is 19.6 Å². The second kappa shape index (κ2) is 7.01. The summed E-state index contributed by atoms with van der Waals surface area (Å²) in [5.74, 6) is 1.64. The average molecular weight is 265 g/mol. The maximum Gasteiger partial charge on any atom is 0.164 e. The van der Waals surface area contributed by atoms with E-state index in [0.29, 0.717) is 6.04 Å². The fourth-order valence-corrected chi connectivity index (χ4v) is 2.90. The van der Waals surface area contributed by atoms with Crippen molar-refractivity contribution in [1.29, 1.82) is 0 Å². The van der Waals surface area contributed by atoms with Gasteiger partial charge in [0.1, 0.15) is 6.33 Å². The summed E-state index contributed by atoms with van der Waals surface area (Å²) in [6, 6.07) is 0.531. The van der Waals surface area contributed by atoms with Gasteiger partial charge >= 0.3 is 0 Å². The lowest BCUT2D eigenvalue weighted by molar-refractivity contribution is 0.150. The Balaban J connectivity index is 1.77. The molecular weight excluding hydrogens is 238 g/mol. The van der Waals surface area contributed by atoms with Gasteiger partial charge in [-0.05, 0) is 45.2 Å². The predicted octanol–water partition coefficient (Wildman–Crippen LogP) is 1.42. The highest BCUT2D eigenvalue weighted by Gasteiger charge is 2.23. The van der Waals surface area contributed by atoms with Gasteiger partial charge in [-0.25, -0.2) is 4.98 Å². The number of aromatic nitrogens is 3. The van der Waals surface area contributed by atoms with E-state index in [2.05, 4.69) is 34.1 Å². The standard InChI is InChI=1S/C14H27N5/c1-4-7-19-8-5-6-13(10-19)12(2)15-9-14-16-11-18(3)17-14/h11-13,15H,4-10H2,1-3H3. The van der Waals surface area contributed by atoms with Gasteiger partial charge in [0.25, 0.3) is 0 Å². The molecule has 1 aromatic heterocycles. The third-order valence-corrected chi connectivity index (χ3v) is 4.02. The van der Waals surface area contributed by atoms with Crippen LogP contribution in [0.2, 0.25) is 0 Å². The molecule has 1 aliphatic rings. The molecule has 0 saturated carbocycles. The summed E-state index contributed by atoms with van der Waals surface area (Å²) in [6.45, 7) is 9.08. The molecule has 2 rings (SSSR count). The molecule has 1 aliphatic heterocycles. The van der Waals surface area contributed by atoms with Gasteiger partial charge in [-0.2, -0.15) is 5.10 Å². The average Bonchev–Trinajstić information content (AvgIpc) is 2.82. The molecule has 5 nitrogen and oxygen atoms in total. The van der Waals surface area contributed by atoms with Crippen molar-refractivity contribution in [2.24, 2.45) is 13.0 Å². The van der Waals surface area contributed by atoms with E-state index >= 15 is 0 Å². The van der Waals surface area contributed by atoms with E-state index in [9.17, 15) is 0 Å². The Bertz CT molecular complexity index is 374. The molecule has 1 aromatic rings. The van der Waals surface area contributed by atoms with Crippen LogP contribution in [0.15, 0.2) is 6.33 Å². The van der Waals surface area contributed by atoms with Gasteiger partial charge in [-0.15, -0.1) is 0 Å². The molecular formula is C14H27N5. The topological polar surface area (TPSA) is 46.0 Å². The minimum absolute atomic E-state index is 0.531. The SMILES string of the molecule is CCCN1CCCC(C(C)NCc2ncn(C)n2)C1. The minimum Gasteiger partial charge on any atom is -0.307 e. The zero-order chi connectivity index (χ0) is 13.7. The van der Waals surface area contributed by atoms with Gasteiger partial charge in [0.05, 0.1) is 6.54 Å². The van der Waals surface area contributed by atoms with Crippen LogP contribution < -0.4 is 5.32 Å². The van der Waals surface area contributed by atoms with Crippen LogP contribution in [0.3, 0.4) is 0 Å².